The molecular weight excluding hydrogens is 298 g/mol. The van der Waals surface area contributed by atoms with Crippen LogP contribution in [-0.2, 0) is 0 Å². The van der Waals surface area contributed by atoms with Crippen LogP contribution in [0, 0.1) is 10.1 Å². The molecule has 0 aliphatic rings. The molecule has 114 valence electrons. The normalized spacial score (nSPS) is 11.0. The molecule has 3 rings (SSSR count). The molecule has 3 aromatic rings. The number of oxazole rings is 1. The lowest BCUT2D eigenvalue weighted by atomic mass is 10.2. The molecule has 2 aromatic carbocycles. The number of aromatic hydroxyl groups is 1. The molecule has 0 saturated carbocycles. The van der Waals surface area contributed by atoms with Crippen LogP contribution in [0.5, 0.6) is 5.95 Å². The number of nitrogens with zero attached hydrogens (tertiary/aromatic N) is 3. The van der Waals surface area contributed by atoms with Gasteiger partial charge in [-0.3, -0.25) is 15.1 Å². The van der Waals surface area contributed by atoms with Crippen molar-refractivity contribution in [3.05, 3.63) is 70.4 Å². The van der Waals surface area contributed by atoms with Crippen LogP contribution < -0.4 is 0 Å². The van der Waals surface area contributed by atoms with Crippen LogP contribution in [0.15, 0.2) is 64.0 Å². The highest BCUT2D eigenvalue weighted by Crippen LogP contribution is 2.26. The maximum Gasteiger partial charge on any atom is 0.312 e. The summed E-state index contributed by atoms with van der Waals surface area (Å²) in [5.41, 5.74) is 1.19. The number of aromatic nitrogens is 1. The van der Waals surface area contributed by atoms with E-state index in [0.29, 0.717) is 5.69 Å². The van der Waals surface area contributed by atoms with E-state index in [4.69, 9.17) is 4.42 Å². The van der Waals surface area contributed by atoms with Crippen LogP contribution in [0.25, 0.3) is 11.5 Å². The molecule has 0 unspecified atom stereocenters. The molecule has 7 nitrogen and oxygen atoms in total. The molecule has 1 heterocycles. The topological polar surface area (TPSA) is 102 Å². The maximum atomic E-state index is 10.7. The number of nitro groups is 1. The average Bonchev–Trinajstić information content (AvgIpc) is 2.95. The Balaban J connectivity index is 1.87. The van der Waals surface area contributed by atoms with E-state index in [0.717, 1.165) is 5.56 Å². The van der Waals surface area contributed by atoms with E-state index < -0.39 is 4.92 Å². The monoisotopic (exact) mass is 309 g/mol. The van der Waals surface area contributed by atoms with Crippen molar-refractivity contribution in [2.75, 3.05) is 0 Å². The summed E-state index contributed by atoms with van der Waals surface area (Å²) in [6, 6.07) is 14.9. The van der Waals surface area contributed by atoms with Gasteiger partial charge < -0.3 is 9.52 Å². The Kier molecular flexibility index (Phi) is 3.84. The fourth-order valence-corrected chi connectivity index (χ4v) is 1.93. The lowest BCUT2D eigenvalue weighted by Crippen LogP contribution is -1.86. The van der Waals surface area contributed by atoms with Crippen LogP contribution in [0.1, 0.15) is 5.69 Å². The molecule has 0 radical (unpaired) electrons. The summed E-state index contributed by atoms with van der Waals surface area (Å²) in [5.74, 6) is -0.0957. The van der Waals surface area contributed by atoms with Crippen molar-refractivity contribution in [3.63, 3.8) is 0 Å². The van der Waals surface area contributed by atoms with Gasteiger partial charge in [0.05, 0.1) is 16.8 Å². The summed E-state index contributed by atoms with van der Waals surface area (Å²) in [6.07, 6.45) is 1.30. The summed E-state index contributed by atoms with van der Waals surface area (Å²) in [5, 5.41) is 20.5. The van der Waals surface area contributed by atoms with Gasteiger partial charge in [0.1, 0.15) is 0 Å². The van der Waals surface area contributed by atoms with E-state index >= 15 is 0 Å². The summed E-state index contributed by atoms with van der Waals surface area (Å²) < 4.78 is 5.20. The quantitative estimate of drug-likeness (QED) is 0.449. The molecule has 0 aliphatic heterocycles. The van der Waals surface area contributed by atoms with Gasteiger partial charge in [-0.05, 0) is 18.2 Å². The highest BCUT2D eigenvalue weighted by molar-refractivity contribution is 5.83. The average molecular weight is 309 g/mol. The number of rotatable bonds is 4. The zero-order valence-electron chi connectivity index (χ0n) is 11.8. The van der Waals surface area contributed by atoms with E-state index in [1.165, 1.54) is 24.4 Å². The van der Waals surface area contributed by atoms with Gasteiger partial charge in [0.15, 0.2) is 5.69 Å². The Morgan fingerprint density at radius 1 is 1.17 bits per heavy atom. The van der Waals surface area contributed by atoms with Crippen LogP contribution in [0.3, 0.4) is 0 Å². The van der Waals surface area contributed by atoms with E-state index in [1.54, 1.807) is 18.2 Å². The molecule has 1 aromatic heterocycles. The summed E-state index contributed by atoms with van der Waals surface area (Å²) in [4.78, 5) is 18.5. The van der Waals surface area contributed by atoms with Gasteiger partial charge in [-0.1, -0.05) is 24.3 Å². The van der Waals surface area contributed by atoms with Gasteiger partial charge in [-0.25, -0.2) is 4.98 Å². The maximum absolute atomic E-state index is 10.7. The minimum atomic E-state index is -0.500. The predicted octanol–water partition coefficient (Wildman–Crippen LogP) is 3.71. The van der Waals surface area contributed by atoms with E-state index in [1.807, 2.05) is 18.2 Å². The number of benzene rings is 2. The number of non-ortho nitro benzene ring substituents is 1. The van der Waals surface area contributed by atoms with Crippen LogP contribution in [-0.4, -0.2) is 21.2 Å². The minimum Gasteiger partial charge on any atom is -0.479 e. The molecule has 0 amide bonds. The van der Waals surface area contributed by atoms with Crippen molar-refractivity contribution in [2.45, 2.75) is 0 Å². The van der Waals surface area contributed by atoms with Crippen molar-refractivity contribution in [1.29, 1.82) is 0 Å². The SMILES string of the molecule is O=[N+]([O-])c1cccc(N=Cc2nc(-c3ccccc3)oc2O)c1. The largest absolute Gasteiger partial charge is 0.479 e. The molecule has 0 spiro atoms. The standard InChI is InChI=1S/C16H11N3O4/c20-16-14(18-15(23-16)11-5-2-1-3-6-11)10-17-12-7-4-8-13(9-12)19(21)22/h1-10,20H. The first-order chi connectivity index (χ1) is 11.1. The number of hydrogen-bond donors (Lipinski definition) is 1. The molecule has 0 fully saturated rings. The van der Waals surface area contributed by atoms with Gasteiger partial charge in [0.25, 0.3) is 5.69 Å². The molecule has 0 saturated heterocycles. The number of aliphatic imine (C=N–C) groups is 1. The lowest BCUT2D eigenvalue weighted by Gasteiger charge is -1.93. The Bertz CT molecular complexity index is 872. The zero-order valence-corrected chi connectivity index (χ0v) is 11.8. The first-order valence-corrected chi connectivity index (χ1v) is 6.67. The summed E-state index contributed by atoms with van der Waals surface area (Å²) >= 11 is 0. The van der Waals surface area contributed by atoms with Gasteiger partial charge in [0, 0.05) is 17.7 Å². The minimum absolute atomic E-state index is 0.0611. The van der Waals surface area contributed by atoms with Crippen molar-refractivity contribution in [3.8, 4) is 17.4 Å². The van der Waals surface area contributed by atoms with E-state index in [2.05, 4.69) is 9.98 Å². The highest BCUT2D eigenvalue weighted by Gasteiger charge is 2.12. The highest BCUT2D eigenvalue weighted by atomic mass is 16.6. The first kappa shape index (κ1) is 14.5. The van der Waals surface area contributed by atoms with Crippen LogP contribution >= 0.6 is 0 Å². The fourth-order valence-electron chi connectivity index (χ4n) is 1.93. The number of nitro benzene ring substituents is 1. The van der Waals surface area contributed by atoms with Gasteiger partial charge >= 0.3 is 5.95 Å². The smallest absolute Gasteiger partial charge is 0.312 e. The van der Waals surface area contributed by atoms with E-state index in [9.17, 15) is 15.2 Å². The van der Waals surface area contributed by atoms with Crippen LogP contribution in [0.4, 0.5) is 11.4 Å². The van der Waals surface area contributed by atoms with Crippen molar-refractivity contribution in [2.24, 2.45) is 4.99 Å². The molecule has 1 N–H and O–H groups in total. The number of hydrogen-bond acceptors (Lipinski definition) is 6. The molecule has 0 aliphatic carbocycles. The van der Waals surface area contributed by atoms with Gasteiger partial charge in [-0.15, -0.1) is 0 Å². The second-order valence-electron chi connectivity index (χ2n) is 4.61. The lowest BCUT2D eigenvalue weighted by molar-refractivity contribution is -0.384. The third kappa shape index (κ3) is 3.24. The predicted molar refractivity (Wildman–Crippen MR) is 84.0 cm³/mol. The Morgan fingerprint density at radius 2 is 1.96 bits per heavy atom. The Hall–Kier alpha value is -3.48. The second kappa shape index (κ2) is 6.10. The summed E-state index contributed by atoms with van der Waals surface area (Å²) in [7, 11) is 0. The van der Waals surface area contributed by atoms with Gasteiger partial charge in [0.2, 0.25) is 5.89 Å². The van der Waals surface area contributed by atoms with Crippen molar-refractivity contribution < 1.29 is 14.4 Å². The van der Waals surface area contributed by atoms with Gasteiger partial charge in [-0.2, -0.15) is 0 Å². The molecule has 0 atom stereocenters. The molecule has 0 bridgehead atoms. The fraction of sp³-hybridized carbons (Fsp3) is 0. The third-order valence-corrected chi connectivity index (χ3v) is 3.03. The third-order valence-electron chi connectivity index (χ3n) is 3.03. The molecule has 23 heavy (non-hydrogen) atoms. The van der Waals surface area contributed by atoms with Crippen LogP contribution in [0.2, 0.25) is 0 Å². The Labute approximate surface area is 130 Å². The zero-order chi connectivity index (χ0) is 16.2. The summed E-state index contributed by atoms with van der Waals surface area (Å²) in [6.45, 7) is 0. The Morgan fingerprint density at radius 3 is 2.70 bits per heavy atom. The first-order valence-electron chi connectivity index (χ1n) is 6.67. The molecule has 7 heteroatoms. The second-order valence-corrected chi connectivity index (χ2v) is 4.61. The van der Waals surface area contributed by atoms with Crippen molar-refractivity contribution in [1.82, 2.24) is 4.98 Å². The van der Waals surface area contributed by atoms with E-state index in [-0.39, 0.29) is 23.2 Å². The molecular formula is C16H11N3O4. The van der Waals surface area contributed by atoms with Crippen molar-refractivity contribution >= 4 is 17.6 Å².